The van der Waals surface area contributed by atoms with E-state index in [1.165, 1.54) is 0 Å². The summed E-state index contributed by atoms with van der Waals surface area (Å²) in [6.45, 7) is 2.93. The van der Waals surface area contributed by atoms with Gasteiger partial charge in [-0.2, -0.15) is 0 Å². The average Bonchev–Trinajstić information content (AvgIpc) is 3.28. The molecule has 6 heteroatoms. The zero-order valence-corrected chi connectivity index (χ0v) is 16.5. The Morgan fingerprint density at radius 1 is 1.17 bits per heavy atom. The van der Waals surface area contributed by atoms with Crippen LogP contribution < -0.4 is 10.1 Å². The zero-order valence-electron chi connectivity index (χ0n) is 16.5. The number of para-hydroxylation sites is 3. The molecule has 6 nitrogen and oxygen atoms in total. The van der Waals surface area contributed by atoms with Crippen LogP contribution in [-0.4, -0.2) is 41.0 Å². The molecule has 0 aromatic heterocycles. The van der Waals surface area contributed by atoms with Crippen molar-refractivity contribution in [2.24, 2.45) is 11.3 Å². The van der Waals surface area contributed by atoms with Gasteiger partial charge in [-0.05, 0) is 49.9 Å². The summed E-state index contributed by atoms with van der Waals surface area (Å²) in [6, 6.07) is 16.3. The maximum absolute atomic E-state index is 12.9. The van der Waals surface area contributed by atoms with E-state index in [0.29, 0.717) is 36.7 Å². The molecule has 1 saturated heterocycles. The lowest BCUT2D eigenvalue weighted by atomic mass is 9.81. The van der Waals surface area contributed by atoms with Crippen LogP contribution in [0.1, 0.15) is 26.2 Å². The summed E-state index contributed by atoms with van der Waals surface area (Å²) >= 11 is 0. The van der Waals surface area contributed by atoms with Crippen molar-refractivity contribution in [2.75, 3.05) is 18.4 Å². The van der Waals surface area contributed by atoms with Crippen LogP contribution in [0, 0.1) is 11.3 Å². The molecule has 1 saturated carbocycles. The molecule has 4 rings (SSSR count). The van der Waals surface area contributed by atoms with E-state index in [2.05, 4.69) is 5.32 Å². The van der Waals surface area contributed by atoms with Crippen LogP contribution in [0.4, 0.5) is 5.69 Å². The number of rotatable bonds is 6. The van der Waals surface area contributed by atoms with Gasteiger partial charge in [-0.15, -0.1) is 0 Å². The van der Waals surface area contributed by atoms with Crippen LogP contribution >= 0.6 is 0 Å². The predicted octanol–water partition coefficient (Wildman–Crippen LogP) is 3.99. The number of carbonyl (C=O) groups is 2. The van der Waals surface area contributed by atoms with E-state index in [1.807, 2.05) is 60.4 Å². The number of ether oxygens (including phenoxy) is 1. The number of hydrogen-bond acceptors (Lipinski definition) is 4. The Labute approximate surface area is 170 Å². The molecule has 0 bridgehead atoms. The third-order valence-corrected chi connectivity index (χ3v) is 6.37. The fraction of sp³-hybridized carbons (Fsp3) is 0.391. The van der Waals surface area contributed by atoms with Gasteiger partial charge in [0, 0.05) is 13.1 Å². The molecule has 1 heterocycles. The van der Waals surface area contributed by atoms with Gasteiger partial charge in [0.25, 0.3) is 0 Å². The molecule has 3 atom stereocenters. The van der Waals surface area contributed by atoms with Crippen LogP contribution in [0.5, 0.6) is 11.5 Å². The highest BCUT2D eigenvalue weighted by Crippen LogP contribution is 2.49. The van der Waals surface area contributed by atoms with Crippen molar-refractivity contribution in [1.29, 1.82) is 0 Å². The average molecular weight is 394 g/mol. The SMILES string of the molecule is CC(C(=O)Nc1ccccc1Oc1ccccc1)N1C[C@@H]2CCC[C@@]2(C(=O)O)C1. The van der Waals surface area contributed by atoms with Gasteiger partial charge >= 0.3 is 5.97 Å². The van der Waals surface area contributed by atoms with Crippen LogP contribution in [0.15, 0.2) is 54.6 Å². The van der Waals surface area contributed by atoms with E-state index >= 15 is 0 Å². The number of aliphatic carboxylic acids is 1. The number of likely N-dealkylation sites (tertiary alicyclic amines) is 1. The number of benzene rings is 2. The fourth-order valence-electron chi connectivity index (χ4n) is 4.65. The molecule has 29 heavy (non-hydrogen) atoms. The molecular weight excluding hydrogens is 368 g/mol. The first kappa shape index (κ1) is 19.5. The Morgan fingerprint density at radius 3 is 2.62 bits per heavy atom. The zero-order chi connectivity index (χ0) is 20.4. The lowest BCUT2D eigenvalue weighted by Gasteiger charge is -2.26. The topological polar surface area (TPSA) is 78.9 Å². The fourth-order valence-corrected chi connectivity index (χ4v) is 4.65. The van der Waals surface area contributed by atoms with E-state index in [9.17, 15) is 14.7 Å². The van der Waals surface area contributed by atoms with Crippen molar-refractivity contribution >= 4 is 17.6 Å². The summed E-state index contributed by atoms with van der Waals surface area (Å²) in [5.74, 6) is 0.507. The van der Waals surface area contributed by atoms with Gasteiger partial charge in [0.15, 0.2) is 5.75 Å². The lowest BCUT2D eigenvalue weighted by Crippen LogP contribution is -2.43. The first-order valence-electron chi connectivity index (χ1n) is 10.1. The second-order valence-electron chi connectivity index (χ2n) is 8.06. The number of carboxylic acids is 1. The van der Waals surface area contributed by atoms with Crippen molar-refractivity contribution < 1.29 is 19.4 Å². The number of nitrogens with one attached hydrogen (secondary N) is 1. The van der Waals surface area contributed by atoms with Crippen molar-refractivity contribution in [2.45, 2.75) is 32.2 Å². The molecule has 0 spiro atoms. The van der Waals surface area contributed by atoms with E-state index in [1.54, 1.807) is 6.07 Å². The maximum Gasteiger partial charge on any atom is 0.311 e. The molecule has 0 radical (unpaired) electrons. The smallest absolute Gasteiger partial charge is 0.311 e. The third-order valence-electron chi connectivity index (χ3n) is 6.37. The molecule has 2 N–H and O–H groups in total. The molecule has 2 aliphatic rings. The quantitative estimate of drug-likeness (QED) is 0.774. The number of anilines is 1. The number of nitrogens with zero attached hydrogens (tertiary/aromatic N) is 1. The van der Waals surface area contributed by atoms with Crippen LogP contribution in [-0.2, 0) is 9.59 Å². The molecule has 2 fully saturated rings. The maximum atomic E-state index is 12.9. The van der Waals surface area contributed by atoms with E-state index in [4.69, 9.17) is 4.74 Å². The summed E-state index contributed by atoms with van der Waals surface area (Å²) in [7, 11) is 0. The van der Waals surface area contributed by atoms with Gasteiger partial charge in [-0.25, -0.2) is 0 Å². The Morgan fingerprint density at radius 2 is 1.90 bits per heavy atom. The highest BCUT2D eigenvalue weighted by molar-refractivity contribution is 5.96. The molecule has 1 aliphatic heterocycles. The highest BCUT2D eigenvalue weighted by atomic mass is 16.5. The Bertz CT molecular complexity index is 901. The number of carbonyl (C=O) groups excluding carboxylic acids is 1. The minimum Gasteiger partial charge on any atom is -0.481 e. The molecule has 1 unspecified atom stereocenters. The minimum atomic E-state index is -0.725. The van der Waals surface area contributed by atoms with Gasteiger partial charge in [-0.3, -0.25) is 14.5 Å². The number of hydrogen-bond donors (Lipinski definition) is 2. The minimum absolute atomic E-state index is 0.129. The van der Waals surface area contributed by atoms with Crippen molar-refractivity contribution in [3.8, 4) is 11.5 Å². The van der Waals surface area contributed by atoms with Gasteiger partial charge < -0.3 is 15.2 Å². The van der Waals surface area contributed by atoms with Gasteiger partial charge in [0.2, 0.25) is 5.91 Å². The van der Waals surface area contributed by atoms with Crippen LogP contribution in [0.25, 0.3) is 0 Å². The Kier molecular flexibility index (Phi) is 5.28. The van der Waals surface area contributed by atoms with E-state index in [-0.39, 0.29) is 11.8 Å². The molecule has 152 valence electrons. The van der Waals surface area contributed by atoms with Crippen molar-refractivity contribution in [3.05, 3.63) is 54.6 Å². The molecule has 1 aliphatic carbocycles. The monoisotopic (exact) mass is 394 g/mol. The summed E-state index contributed by atoms with van der Waals surface area (Å²) in [5.41, 5.74) is -0.0939. The second-order valence-corrected chi connectivity index (χ2v) is 8.06. The normalized spacial score (nSPS) is 24.7. The molecule has 1 amide bonds. The van der Waals surface area contributed by atoms with E-state index in [0.717, 1.165) is 12.8 Å². The Hall–Kier alpha value is -2.86. The second kappa shape index (κ2) is 7.87. The van der Waals surface area contributed by atoms with Gasteiger partial charge in [0.1, 0.15) is 5.75 Å². The largest absolute Gasteiger partial charge is 0.481 e. The Balaban J connectivity index is 1.46. The first-order valence-corrected chi connectivity index (χ1v) is 10.1. The molecular formula is C23H26N2O4. The third kappa shape index (κ3) is 3.72. The summed E-state index contributed by atoms with van der Waals surface area (Å²) in [5, 5.41) is 12.7. The predicted molar refractivity (Wildman–Crippen MR) is 110 cm³/mol. The number of carboxylic acid groups (broad SMARTS) is 1. The molecule has 2 aromatic rings. The highest BCUT2D eigenvalue weighted by Gasteiger charge is 2.55. The summed E-state index contributed by atoms with van der Waals surface area (Å²) in [6.07, 6.45) is 2.58. The van der Waals surface area contributed by atoms with Gasteiger partial charge in [-0.1, -0.05) is 36.8 Å². The first-order chi connectivity index (χ1) is 14.0. The van der Waals surface area contributed by atoms with E-state index < -0.39 is 17.4 Å². The van der Waals surface area contributed by atoms with Crippen molar-refractivity contribution in [3.63, 3.8) is 0 Å². The van der Waals surface area contributed by atoms with Gasteiger partial charge in [0.05, 0.1) is 17.1 Å². The number of amides is 1. The summed E-state index contributed by atoms with van der Waals surface area (Å²) < 4.78 is 5.92. The lowest BCUT2D eigenvalue weighted by molar-refractivity contribution is -0.149. The molecule has 2 aromatic carbocycles. The standard InChI is InChI=1S/C23H26N2O4/c1-16(25-14-17-8-7-13-23(17,15-25)22(27)28)21(26)24-19-11-5-6-12-20(19)29-18-9-3-2-4-10-18/h2-6,9-12,16-17H,7-8,13-15H2,1H3,(H,24,26)(H,27,28)/t16?,17-,23+/m0/s1. The van der Waals surface area contributed by atoms with Crippen molar-refractivity contribution in [1.82, 2.24) is 4.90 Å². The number of fused-ring (bicyclic) bond motifs is 1. The van der Waals surface area contributed by atoms with Crippen LogP contribution in [0.2, 0.25) is 0 Å². The van der Waals surface area contributed by atoms with Crippen LogP contribution in [0.3, 0.4) is 0 Å². The summed E-state index contributed by atoms with van der Waals surface area (Å²) in [4.78, 5) is 26.9.